The van der Waals surface area contributed by atoms with Crippen LogP contribution in [0.15, 0.2) is 0 Å². The topological polar surface area (TPSA) is 38.5 Å². The fourth-order valence-corrected chi connectivity index (χ4v) is 2.45. The van der Waals surface area contributed by atoms with Crippen molar-refractivity contribution in [2.24, 2.45) is 11.7 Å². The van der Waals surface area contributed by atoms with Gasteiger partial charge in [0.2, 0.25) is 0 Å². The SMILES string of the molecule is CCCC(CCN)CCCN(CC)CCOCC. The van der Waals surface area contributed by atoms with Gasteiger partial charge in [0.25, 0.3) is 0 Å². The van der Waals surface area contributed by atoms with Crippen molar-refractivity contribution in [3.8, 4) is 0 Å². The van der Waals surface area contributed by atoms with Crippen LogP contribution in [-0.4, -0.2) is 44.3 Å². The van der Waals surface area contributed by atoms with E-state index in [1.54, 1.807) is 0 Å². The molecule has 0 aromatic carbocycles. The van der Waals surface area contributed by atoms with Crippen LogP contribution in [0.5, 0.6) is 0 Å². The summed E-state index contributed by atoms with van der Waals surface area (Å²) in [5, 5.41) is 0. The highest BCUT2D eigenvalue weighted by Gasteiger charge is 2.08. The molecule has 2 N–H and O–H groups in total. The maximum absolute atomic E-state index is 5.67. The van der Waals surface area contributed by atoms with Crippen LogP contribution in [0, 0.1) is 5.92 Å². The first-order chi connectivity index (χ1) is 8.78. The van der Waals surface area contributed by atoms with Crippen molar-refractivity contribution < 1.29 is 4.74 Å². The second-order valence-electron chi connectivity index (χ2n) is 5.01. The van der Waals surface area contributed by atoms with Gasteiger partial charge >= 0.3 is 0 Å². The van der Waals surface area contributed by atoms with Crippen LogP contribution in [0.25, 0.3) is 0 Å². The summed E-state index contributed by atoms with van der Waals surface area (Å²) in [4.78, 5) is 2.49. The van der Waals surface area contributed by atoms with E-state index < -0.39 is 0 Å². The Morgan fingerprint density at radius 3 is 2.39 bits per heavy atom. The Hall–Kier alpha value is -0.120. The minimum atomic E-state index is 0.826. The zero-order valence-electron chi connectivity index (χ0n) is 12.8. The minimum absolute atomic E-state index is 0.826. The lowest BCUT2D eigenvalue weighted by atomic mass is 9.94. The molecule has 1 unspecified atom stereocenters. The molecular weight excluding hydrogens is 224 g/mol. The number of ether oxygens (including phenoxy) is 1. The summed E-state index contributed by atoms with van der Waals surface area (Å²) in [6.45, 7) is 12.5. The van der Waals surface area contributed by atoms with Gasteiger partial charge in [-0.2, -0.15) is 0 Å². The first-order valence-electron chi connectivity index (χ1n) is 7.78. The van der Waals surface area contributed by atoms with Gasteiger partial charge in [0.1, 0.15) is 0 Å². The largest absolute Gasteiger partial charge is 0.380 e. The predicted octanol–water partition coefficient (Wildman–Crippen LogP) is 2.89. The van der Waals surface area contributed by atoms with Crippen molar-refractivity contribution in [3.05, 3.63) is 0 Å². The molecule has 0 radical (unpaired) electrons. The number of hydrogen-bond acceptors (Lipinski definition) is 3. The Morgan fingerprint density at radius 1 is 1.06 bits per heavy atom. The van der Waals surface area contributed by atoms with Crippen molar-refractivity contribution in [2.75, 3.05) is 39.4 Å². The molecule has 0 aromatic rings. The second kappa shape index (κ2) is 13.3. The molecule has 3 heteroatoms. The average Bonchev–Trinajstić information content (AvgIpc) is 2.37. The third kappa shape index (κ3) is 9.86. The Kier molecular flexibility index (Phi) is 13.2. The lowest BCUT2D eigenvalue weighted by Gasteiger charge is -2.22. The van der Waals surface area contributed by atoms with Gasteiger partial charge in [0.05, 0.1) is 6.61 Å². The molecule has 0 heterocycles. The number of rotatable bonds is 13. The smallest absolute Gasteiger partial charge is 0.0593 e. The molecule has 0 saturated carbocycles. The molecule has 0 amide bonds. The summed E-state index contributed by atoms with van der Waals surface area (Å²) < 4.78 is 5.41. The second-order valence-corrected chi connectivity index (χ2v) is 5.01. The molecule has 0 spiro atoms. The maximum Gasteiger partial charge on any atom is 0.0593 e. The summed E-state index contributed by atoms with van der Waals surface area (Å²) in [5.74, 6) is 0.839. The monoisotopic (exact) mass is 258 g/mol. The highest BCUT2D eigenvalue weighted by molar-refractivity contribution is 4.62. The van der Waals surface area contributed by atoms with Crippen LogP contribution in [0.2, 0.25) is 0 Å². The van der Waals surface area contributed by atoms with Crippen LogP contribution < -0.4 is 5.73 Å². The van der Waals surface area contributed by atoms with Gasteiger partial charge in [0.15, 0.2) is 0 Å². The number of hydrogen-bond donors (Lipinski definition) is 1. The van der Waals surface area contributed by atoms with Crippen LogP contribution in [0.3, 0.4) is 0 Å². The van der Waals surface area contributed by atoms with Gasteiger partial charge in [-0.25, -0.2) is 0 Å². The zero-order valence-corrected chi connectivity index (χ0v) is 12.8. The molecule has 3 nitrogen and oxygen atoms in total. The van der Waals surface area contributed by atoms with E-state index in [-0.39, 0.29) is 0 Å². The van der Waals surface area contributed by atoms with Gasteiger partial charge < -0.3 is 15.4 Å². The van der Waals surface area contributed by atoms with E-state index in [1.165, 1.54) is 38.6 Å². The fourth-order valence-electron chi connectivity index (χ4n) is 2.45. The van der Waals surface area contributed by atoms with E-state index >= 15 is 0 Å². The first kappa shape index (κ1) is 17.9. The zero-order chi connectivity index (χ0) is 13.6. The van der Waals surface area contributed by atoms with Gasteiger partial charge in [-0.1, -0.05) is 26.7 Å². The molecule has 0 aliphatic rings. The summed E-state index contributed by atoms with van der Waals surface area (Å²) in [6.07, 6.45) is 6.44. The third-order valence-corrected chi connectivity index (χ3v) is 3.56. The standard InChI is InChI=1S/C15H34N2O/c1-4-8-15(10-11-16)9-7-12-17(5-2)13-14-18-6-3/h15H,4-14,16H2,1-3H3. The maximum atomic E-state index is 5.67. The molecule has 18 heavy (non-hydrogen) atoms. The van der Waals surface area contributed by atoms with Crippen molar-refractivity contribution >= 4 is 0 Å². The number of likely N-dealkylation sites (N-methyl/N-ethyl adjacent to an activating group) is 1. The van der Waals surface area contributed by atoms with E-state index in [0.717, 1.165) is 38.8 Å². The molecule has 1 atom stereocenters. The Balaban J connectivity index is 3.68. The third-order valence-electron chi connectivity index (χ3n) is 3.56. The van der Waals surface area contributed by atoms with Gasteiger partial charge in [0, 0.05) is 13.2 Å². The minimum Gasteiger partial charge on any atom is -0.380 e. The van der Waals surface area contributed by atoms with Crippen molar-refractivity contribution in [2.45, 2.75) is 52.9 Å². The van der Waals surface area contributed by atoms with E-state index in [9.17, 15) is 0 Å². The summed E-state index contributed by atoms with van der Waals surface area (Å²) in [6, 6.07) is 0. The fraction of sp³-hybridized carbons (Fsp3) is 1.00. The van der Waals surface area contributed by atoms with E-state index in [1.807, 2.05) is 0 Å². The molecule has 0 bridgehead atoms. The Bertz CT molecular complexity index is 159. The molecule has 0 aromatic heterocycles. The van der Waals surface area contributed by atoms with Crippen LogP contribution in [0.4, 0.5) is 0 Å². The Morgan fingerprint density at radius 2 is 1.83 bits per heavy atom. The van der Waals surface area contributed by atoms with E-state index in [0.29, 0.717) is 0 Å². The Labute approximate surface area is 114 Å². The van der Waals surface area contributed by atoms with Crippen LogP contribution in [0.1, 0.15) is 52.9 Å². The van der Waals surface area contributed by atoms with Crippen molar-refractivity contribution in [1.82, 2.24) is 4.90 Å². The van der Waals surface area contributed by atoms with Gasteiger partial charge in [-0.15, -0.1) is 0 Å². The molecule has 110 valence electrons. The number of nitrogens with two attached hydrogens (primary N) is 1. The molecule has 0 fully saturated rings. The number of nitrogens with zero attached hydrogens (tertiary/aromatic N) is 1. The molecule has 0 saturated heterocycles. The highest BCUT2D eigenvalue weighted by Crippen LogP contribution is 2.17. The quantitative estimate of drug-likeness (QED) is 0.516. The van der Waals surface area contributed by atoms with Gasteiger partial charge in [-0.3, -0.25) is 0 Å². The van der Waals surface area contributed by atoms with E-state index in [2.05, 4.69) is 25.7 Å². The summed E-state index contributed by atoms with van der Waals surface area (Å²) in [7, 11) is 0. The molecule has 0 aliphatic heterocycles. The van der Waals surface area contributed by atoms with Gasteiger partial charge in [-0.05, 0) is 51.7 Å². The van der Waals surface area contributed by atoms with E-state index in [4.69, 9.17) is 10.5 Å². The van der Waals surface area contributed by atoms with Crippen molar-refractivity contribution in [1.29, 1.82) is 0 Å². The lowest BCUT2D eigenvalue weighted by Crippen LogP contribution is -2.29. The summed E-state index contributed by atoms with van der Waals surface area (Å²) >= 11 is 0. The normalized spacial score (nSPS) is 13.2. The van der Waals surface area contributed by atoms with Crippen LogP contribution >= 0.6 is 0 Å². The molecular formula is C15H34N2O. The average molecular weight is 258 g/mol. The highest BCUT2D eigenvalue weighted by atomic mass is 16.5. The van der Waals surface area contributed by atoms with Crippen molar-refractivity contribution in [3.63, 3.8) is 0 Å². The molecule has 0 aliphatic carbocycles. The van der Waals surface area contributed by atoms with Crippen LogP contribution in [-0.2, 0) is 4.74 Å². The first-order valence-corrected chi connectivity index (χ1v) is 7.78. The predicted molar refractivity (Wildman–Crippen MR) is 79.9 cm³/mol. The molecule has 0 rings (SSSR count). The summed E-state index contributed by atoms with van der Waals surface area (Å²) in [5.41, 5.74) is 5.67. The lowest BCUT2D eigenvalue weighted by molar-refractivity contribution is 0.114.